The van der Waals surface area contributed by atoms with Crippen LogP contribution in [0.15, 0.2) is 54.7 Å². The molecule has 4 heteroatoms. The van der Waals surface area contributed by atoms with E-state index in [0.717, 1.165) is 25.3 Å². The Balaban J connectivity index is 1.41. The van der Waals surface area contributed by atoms with Gasteiger partial charge in [-0.3, -0.25) is 9.88 Å². The molecule has 1 saturated carbocycles. The molecule has 26 heavy (non-hydrogen) atoms. The highest BCUT2D eigenvalue weighted by atomic mass is 16.5. The molecule has 1 N–H and O–H groups in total. The molecule has 1 aromatic heterocycles. The normalized spacial score (nSPS) is 28.2. The second-order valence-electron chi connectivity index (χ2n) is 7.63. The Morgan fingerprint density at radius 3 is 2.58 bits per heavy atom. The summed E-state index contributed by atoms with van der Waals surface area (Å²) in [5.74, 6) is 1.36. The number of aromatic nitrogens is 1. The molecule has 1 saturated heterocycles. The molecule has 4 nitrogen and oxygen atoms in total. The highest BCUT2D eigenvalue weighted by Gasteiger charge is 2.41. The zero-order valence-electron chi connectivity index (χ0n) is 15.2. The van der Waals surface area contributed by atoms with E-state index in [1.54, 1.807) is 0 Å². The van der Waals surface area contributed by atoms with Crippen LogP contribution in [0.1, 0.15) is 36.6 Å². The van der Waals surface area contributed by atoms with E-state index in [1.807, 2.05) is 18.3 Å². The van der Waals surface area contributed by atoms with E-state index >= 15 is 0 Å². The number of nitrogens with zero attached hydrogens (tertiary/aromatic N) is 2. The first-order chi connectivity index (χ1) is 12.8. The topological polar surface area (TPSA) is 45.6 Å². The minimum Gasteiger partial charge on any atom is -0.395 e. The number of ether oxygens (including phenoxy) is 1. The summed E-state index contributed by atoms with van der Waals surface area (Å²) in [6.45, 7) is 2.58. The average Bonchev–Trinajstić information content (AvgIpc) is 3.12. The van der Waals surface area contributed by atoms with Gasteiger partial charge in [-0.2, -0.15) is 0 Å². The van der Waals surface area contributed by atoms with Crippen molar-refractivity contribution in [1.82, 2.24) is 9.88 Å². The smallest absolute Gasteiger partial charge is 0.0827 e. The second-order valence-corrected chi connectivity index (χ2v) is 7.63. The molecule has 2 heterocycles. The largest absolute Gasteiger partial charge is 0.395 e. The molecule has 1 aliphatic carbocycles. The zero-order valence-corrected chi connectivity index (χ0v) is 15.2. The van der Waals surface area contributed by atoms with E-state index in [1.165, 1.54) is 18.4 Å². The van der Waals surface area contributed by atoms with E-state index in [-0.39, 0.29) is 12.7 Å². The monoisotopic (exact) mass is 352 g/mol. The molecule has 0 radical (unpaired) electrons. The van der Waals surface area contributed by atoms with Crippen LogP contribution in [0, 0.1) is 11.8 Å². The molecule has 0 unspecified atom stereocenters. The molecule has 0 spiro atoms. The van der Waals surface area contributed by atoms with Gasteiger partial charge < -0.3 is 9.84 Å². The van der Waals surface area contributed by atoms with Gasteiger partial charge in [-0.1, -0.05) is 36.4 Å². The maximum absolute atomic E-state index is 9.54. The summed E-state index contributed by atoms with van der Waals surface area (Å²) in [6.07, 6.45) is 5.56. The van der Waals surface area contributed by atoms with Crippen molar-refractivity contribution in [2.24, 2.45) is 11.8 Å². The maximum Gasteiger partial charge on any atom is 0.0827 e. The summed E-state index contributed by atoms with van der Waals surface area (Å²) in [5.41, 5.74) is 2.38. The van der Waals surface area contributed by atoms with Gasteiger partial charge in [0.15, 0.2) is 0 Å². The third-order valence-electron chi connectivity index (χ3n) is 6.01. The number of hydrogen-bond donors (Lipinski definition) is 1. The van der Waals surface area contributed by atoms with Gasteiger partial charge in [-0.25, -0.2) is 0 Å². The molecule has 0 amide bonds. The fraction of sp³-hybridized carbons (Fsp3) is 0.500. The van der Waals surface area contributed by atoms with Crippen LogP contribution < -0.4 is 0 Å². The second kappa shape index (κ2) is 8.30. The zero-order chi connectivity index (χ0) is 17.8. The van der Waals surface area contributed by atoms with Gasteiger partial charge in [-0.15, -0.1) is 0 Å². The average molecular weight is 352 g/mol. The Kier molecular flexibility index (Phi) is 5.63. The van der Waals surface area contributed by atoms with Gasteiger partial charge in [0.1, 0.15) is 0 Å². The molecular weight excluding hydrogens is 324 g/mol. The number of pyridine rings is 1. The first-order valence-electron chi connectivity index (χ1n) is 9.75. The summed E-state index contributed by atoms with van der Waals surface area (Å²) in [5, 5.41) is 9.54. The number of aliphatic hydroxyl groups is 1. The molecule has 1 aromatic carbocycles. The lowest BCUT2D eigenvalue weighted by Gasteiger charge is -2.32. The van der Waals surface area contributed by atoms with Crippen LogP contribution >= 0.6 is 0 Å². The fourth-order valence-corrected chi connectivity index (χ4v) is 4.67. The summed E-state index contributed by atoms with van der Waals surface area (Å²) in [6, 6.07) is 17.2. The van der Waals surface area contributed by atoms with Gasteiger partial charge in [0.05, 0.1) is 25.0 Å². The maximum atomic E-state index is 9.54. The van der Waals surface area contributed by atoms with Gasteiger partial charge in [0, 0.05) is 25.3 Å². The van der Waals surface area contributed by atoms with Crippen LogP contribution in [0.4, 0.5) is 0 Å². The molecule has 2 fully saturated rings. The summed E-state index contributed by atoms with van der Waals surface area (Å²) >= 11 is 0. The van der Waals surface area contributed by atoms with Crippen molar-refractivity contribution in [2.75, 3.05) is 19.8 Å². The lowest BCUT2D eigenvalue weighted by molar-refractivity contribution is -0.0384. The number of hydrogen-bond acceptors (Lipinski definition) is 4. The SMILES string of the molecule is OCCN(Cc1ccccn1)[C@@H]1C[C@@H]2CO[C@H](c3ccccc3)C[C@@H]2C1. The number of benzene rings is 1. The van der Waals surface area contributed by atoms with Crippen molar-refractivity contribution in [3.05, 3.63) is 66.0 Å². The Morgan fingerprint density at radius 2 is 1.81 bits per heavy atom. The molecule has 0 bridgehead atoms. The van der Waals surface area contributed by atoms with Crippen LogP contribution in [-0.2, 0) is 11.3 Å². The van der Waals surface area contributed by atoms with Crippen molar-refractivity contribution in [1.29, 1.82) is 0 Å². The molecule has 138 valence electrons. The van der Waals surface area contributed by atoms with Crippen LogP contribution in [-0.4, -0.2) is 40.8 Å². The number of rotatable bonds is 6. The molecule has 2 aliphatic rings. The van der Waals surface area contributed by atoms with Crippen molar-refractivity contribution < 1.29 is 9.84 Å². The quantitative estimate of drug-likeness (QED) is 0.865. The van der Waals surface area contributed by atoms with Gasteiger partial charge in [0.2, 0.25) is 0 Å². The molecular formula is C22H28N2O2. The van der Waals surface area contributed by atoms with Crippen LogP contribution in [0.25, 0.3) is 0 Å². The lowest BCUT2D eigenvalue weighted by atomic mass is 9.86. The standard InChI is InChI=1S/C22H28N2O2/c25-11-10-24(15-20-8-4-5-9-23-20)21-12-18-14-22(26-16-19(18)13-21)17-6-2-1-3-7-17/h1-9,18-19,21-22,25H,10-16H2/t18-,19+,21-,22-/m0/s1. The van der Waals surface area contributed by atoms with Crippen molar-refractivity contribution in [3.63, 3.8) is 0 Å². The van der Waals surface area contributed by atoms with E-state index in [9.17, 15) is 5.11 Å². The Bertz CT molecular complexity index is 679. The van der Waals surface area contributed by atoms with E-state index < -0.39 is 0 Å². The summed E-state index contributed by atoms with van der Waals surface area (Å²) in [4.78, 5) is 6.88. The Hall–Kier alpha value is -1.75. The summed E-state index contributed by atoms with van der Waals surface area (Å²) < 4.78 is 6.20. The Morgan fingerprint density at radius 1 is 1.00 bits per heavy atom. The number of aliphatic hydroxyl groups excluding tert-OH is 1. The minimum atomic E-state index is 0.196. The fourth-order valence-electron chi connectivity index (χ4n) is 4.67. The molecule has 1 aliphatic heterocycles. The number of fused-ring (bicyclic) bond motifs is 1. The van der Waals surface area contributed by atoms with Crippen molar-refractivity contribution in [3.8, 4) is 0 Å². The molecule has 4 atom stereocenters. The van der Waals surface area contributed by atoms with Gasteiger partial charge in [0.25, 0.3) is 0 Å². The van der Waals surface area contributed by atoms with Gasteiger partial charge in [-0.05, 0) is 48.8 Å². The highest BCUT2D eigenvalue weighted by Crippen LogP contribution is 2.45. The van der Waals surface area contributed by atoms with Crippen LogP contribution in [0.3, 0.4) is 0 Å². The highest BCUT2D eigenvalue weighted by molar-refractivity contribution is 5.18. The van der Waals surface area contributed by atoms with E-state index in [4.69, 9.17) is 4.74 Å². The van der Waals surface area contributed by atoms with Crippen molar-refractivity contribution >= 4 is 0 Å². The van der Waals surface area contributed by atoms with Crippen LogP contribution in [0.5, 0.6) is 0 Å². The third kappa shape index (κ3) is 3.98. The minimum absolute atomic E-state index is 0.196. The summed E-state index contributed by atoms with van der Waals surface area (Å²) in [7, 11) is 0. The third-order valence-corrected chi connectivity index (χ3v) is 6.01. The Labute approximate surface area is 155 Å². The van der Waals surface area contributed by atoms with Crippen molar-refractivity contribution in [2.45, 2.75) is 38.0 Å². The molecule has 4 rings (SSSR count). The van der Waals surface area contributed by atoms with E-state index in [2.05, 4.69) is 46.3 Å². The predicted octanol–water partition coefficient (Wildman–Crippen LogP) is 3.43. The van der Waals surface area contributed by atoms with Crippen LogP contribution in [0.2, 0.25) is 0 Å². The first kappa shape index (κ1) is 17.7. The predicted molar refractivity (Wildman–Crippen MR) is 101 cm³/mol. The first-order valence-corrected chi connectivity index (χ1v) is 9.75. The lowest BCUT2D eigenvalue weighted by Crippen LogP contribution is -2.35. The van der Waals surface area contributed by atoms with Gasteiger partial charge >= 0.3 is 0 Å². The van der Waals surface area contributed by atoms with E-state index in [0.29, 0.717) is 24.4 Å². The molecule has 2 aromatic rings.